The summed E-state index contributed by atoms with van der Waals surface area (Å²) < 4.78 is 5.39. The van der Waals surface area contributed by atoms with Crippen LogP contribution in [0.5, 0.6) is 0 Å². The second-order valence-electron chi connectivity index (χ2n) is 2.98. The highest BCUT2D eigenvalue weighted by atomic mass is 32.2. The second-order valence-corrected chi connectivity index (χ2v) is 5.12. The third-order valence-corrected chi connectivity index (χ3v) is 4.04. The predicted octanol–water partition coefficient (Wildman–Crippen LogP) is 2.86. The zero-order valence-electron chi connectivity index (χ0n) is 7.84. The molecular weight excluding hydrogens is 230 g/mol. The van der Waals surface area contributed by atoms with E-state index in [1.54, 1.807) is 11.8 Å². The van der Waals surface area contributed by atoms with Gasteiger partial charge in [-0.25, -0.2) is 0 Å². The first-order valence-corrected chi connectivity index (χ1v) is 6.22. The van der Waals surface area contributed by atoms with Crippen molar-refractivity contribution in [3.05, 3.63) is 24.3 Å². The summed E-state index contributed by atoms with van der Waals surface area (Å²) in [5, 5.41) is 9.65. The van der Waals surface area contributed by atoms with E-state index < -0.39 is 5.97 Å². The van der Waals surface area contributed by atoms with Crippen LogP contribution in [0.3, 0.4) is 0 Å². The van der Waals surface area contributed by atoms with Crippen LogP contribution in [0.1, 0.15) is 6.42 Å². The number of hydrogen-bond donors (Lipinski definition) is 1. The van der Waals surface area contributed by atoms with Crippen LogP contribution >= 0.6 is 23.3 Å². The third kappa shape index (κ3) is 2.49. The number of nitrogens with zero attached hydrogens (tertiary/aromatic N) is 1. The molecule has 0 fully saturated rings. The molecule has 0 bridgehead atoms. The minimum atomic E-state index is -0.753. The van der Waals surface area contributed by atoms with Gasteiger partial charge in [0.25, 0.3) is 0 Å². The smallest absolute Gasteiger partial charge is 0.304 e. The molecule has 0 aliphatic heterocycles. The maximum absolute atomic E-state index is 10.4. The molecule has 0 aliphatic rings. The Morgan fingerprint density at radius 3 is 3.07 bits per heavy atom. The van der Waals surface area contributed by atoms with E-state index in [1.165, 1.54) is 11.5 Å². The Kier molecular flexibility index (Phi) is 3.23. The van der Waals surface area contributed by atoms with Crippen LogP contribution in [0.25, 0.3) is 10.9 Å². The minimum absolute atomic E-state index is 0.191. The fraction of sp³-hybridized carbons (Fsp3) is 0.200. The summed E-state index contributed by atoms with van der Waals surface area (Å²) in [6.07, 6.45) is 0.191. The number of hydrogen-bond acceptors (Lipinski definition) is 4. The van der Waals surface area contributed by atoms with E-state index in [9.17, 15) is 4.79 Å². The van der Waals surface area contributed by atoms with Crippen molar-refractivity contribution in [2.75, 3.05) is 5.75 Å². The van der Waals surface area contributed by atoms with Gasteiger partial charge in [-0.2, -0.15) is 4.37 Å². The Morgan fingerprint density at radius 1 is 1.47 bits per heavy atom. The van der Waals surface area contributed by atoms with Crippen molar-refractivity contribution in [3.63, 3.8) is 0 Å². The minimum Gasteiger partial charge on any atom is -0.481 e. The highest BCUT2D eigenvalue weighted by Crippen LogP contribution is 2.31. The molecule has 0 saturated carbocycles. The number of thioether (sulfide) groups is 1. The van der Waals surface area contributed by atoms with Crippen LogP contribution in [-0.2, 0) is 4.79 Å². The zero-order chi connectivity index (χ0) is 10.7. The highest BCUT2D eigenvalue weighted by Gasteiger charge is 2.06. The lowest BCUT2D eigenvalue weighted by molar-refractivity contribution is -0.136. The summed E-state index contributed by atoms with van der Waals surface area (Å²) in [5.74, 6) is -0.155. The fourth-order valence-electron chi connectivity index (χ4n) is 1.20. The van der Waals surface area contributed by atoms with Crippen LogP contribution in [-0.4, -0.2) is 21.2 Å². The molecule has 0 aliphatic carbocycles. The van der Waals surface area contributed by atoms with Gasteiger partial charge in [0, 0.05) is 11.1 Å². The molecule has 0 spiro atoms. The lowest BCUT2D eigenvalue weighted by Crippen LogP contribution is -1.95. The molecule has 1 heterocycles. The van der Waals surface area contributed by atoms with E-state index in [4.69, 9.17) is 5.11 Å². The number of aromatic nitrogens is 1. The number of carboxylic acid groups (broad SMARTS) is 1. The molecule has 0 amide bonds. The van der Waals surface area contributed by atoms with Gasteiger partial charge in [0.2, 0.25) is 0 Å². The maximum Gasteiger partial charge on any atom is 0.304 e. The Labute approximate surface area is 95.3 Å². The van der Waals surface area contributed by atoms with Crippen LogP contribution in [0.2, 0.25) is 0 Å². The van der Waals surface area contributed by atoms with Crippen LogP contribution in [0.15, 0.2) is 28.5 Å². The van der Waals surface area contributed by atoms with Crippen molar-refractivity contribution in [2.24, 2.45) is 0 Å². The lowest BCUT2D eigenvalue weighted by Gasteiger charge is -1.95. The van der Waals surface area contributed by atoms with Gasteiger partial charge in [-0.3, -0.25) is 4.79 Å². The maximum atomic E-state index is 10.4. The molecule has 5 heteroatoms. The number of carboxylic acids is 1. The molecule has 1 N–H and O–H groups in total. The van der Waals surface area contributed by atoms with Gasteiger partial charge in [0.15, 0.2) is 0 Å². The normalized spacial score (nSPS) is 10.7. The van der Waals surface area contributed by atoms with Gasteiger partial charge in [-0.15, -0.1) is 11.8 Å². The van der Waals surface area contributed by atoms with Gasteiger partial charge in [-0.05, 0) is 17.6 Å². The lowest BCUT2D eigenvalue weighted by atomic mass is 10.3. The number of fused-ring (bicyclic) bond motifs is 1. The molecule has 0 saturated heterocycles. The number of carbonyl (C=O) groups is 1. The molecule has 1 aromatic carbocycles. The van der Waals surface area contributed by atoms with E-state index in [1.807, 2.05) is 24.3 Å². The molecule has 3 nitrogen and oxygen atoms in total. The summed E-state index contributed by atoms with van der Waals surface area (Å²) in [5.41, 5.74) is 0.986. The monoisotopic (exact) mass is 239 g/mol. The van der Waals surface area contributed by atoms with Gasteiger partial charge < -0.3 is 5.11 Å². The first-order chi connectivity index (χ1) is 7.27. The quantitative estimate of drug-likeness (QED) is 0.833. The predicted molar refractivity (Wildman–Crippen MR) is 62.6 cm³/mol. The molecule has 15 heavy (non-hydrogen) atoms. The molecule has 78 valence electrons. The van der Waals surface area contributed by atoms with Crippen LogP contribution in [0, 0.1) is 0 Å². The molecule has 0 radical (unpaired) electrons. The van der Waals surface area contributed by atoms with Gasteiger partial charge in [-0.1, -0.05) is 18.2 Å². The SMILES string of the molecule is O=C(O)CCSc1snc2ccccc12. The Hall–Kier alpha value is -1.07. The number of aliphatic carboxylic acids is 1. The van der Waals surface area contributed by atoms with Crippen LogP contribution < -0.4 is 0 Å². The van der Waals surface area contributed by atoms with Crippen molar-refractivity contribution < 1.29 is 9.90 Å². The van der Waals surface area contributed by atoms with Crippen molar-refractivity contribution in [1.29, 1.82) is 0 Å². The first kappa shape index (κ1) is 10.4. The summed E-state index contributed by atoms with van der Waals surface area (Å²) in [4.78, 5) is 10.4. The molecule has 2 aromatic rings. The largest absolute Gasteiger partial charge is 0.481 e. The first-order valence-electron chi connectivity index (χ1n) is 4.46. The Balaban J connectivity index is 2.11. The van der Waals surface area contributed by atoms with E-state index in [0.717, 1.165) is 15.1 Å². The van der Waals surface area contributed by atoms with Gasteiger partial charge >= 0.3 is 5.97 Å². The third-order valence-electron chi connectivity index (χ3n) is 1.90. The molecule has 0 atom stereocenters. The highest BCUT2D eigenvalue weighted by molar-refractivity contribution is 8.01. The Morgan fingerprint density at radius 2 is 2.27 bits per heavy atom. The second kappa shape index (κ2) is 4.63. The average molecular weight is 239 g/mol. The Bertz CT molecular complexity index is 481. The van der Waals surface area contributed by atoms with Gasteiger partial charge in [0.1, 0.15) is 0 Å². The van der Waals surface area contributed by atoms with E-state index in [0.29, 0.717) is 5.75 Å². The number of benzene rings is 1. The summed E-state index contributed by atoms with van der Waals surface area (Å²) >= 11 is 2.99. The summed E-state index contributed by atoms with van der Waals surface area (Å²) in [7, 11) is 0. The average Bonchev–Trinajstić information content (AvgIpc) is 2.62. The summed E-state index contributed by atoms with van der Waals surface area (Å²) in [6.45, 7) is 0. The zero-order valence-corrected chi connectivity index (χ0v) is 9.48. The number of rotatable bonds is 4. The van der Waals surface area contributed by atoms with E-state index in [-0.39, 0.29) is 6.42 Å². The molecule has 1 aromatic heterocycles. The van der Waals surface area contributed by atoms with Crippen LogP contribution in [0.4, 0.5) is 0 Å². The van der Waals surface area contributed by atoms with Crippen molar-refractivity contribution >= 4 is 40.2 Å². The van der Waals surface area contributed by atoms with Crippen molar-refractivity contribution in [2.45, 2.75) is 10.6 Å². The molecular formula is C10H9NO2S2. The van der Waals surface area contributed by atoms with Crippen molar-refractivity contribution in [3.8, 4) is 0 Å². The summed E-state index contributed by atoms with van der Waals surface area (Å²) in [6, 6.07) is 7.90. The van der Waals surface area contributed by atoms with E-state index in [2.05, 4.69) is 4.37 Å². The fourth-order valence-corrected chi connectivity index (χ4v) is 3.18. The standard InChI is InChI=1S/C10H9NO2S2/c12-9(13)5-6-14-10-7-3-1-2-4-8(7)11-15-10/h1-4H,5-6H2,(H,12,13). The van der Waals surface area contributed by atoms with E-state index >= 15 is 0 Å². The van der Waals surface area contributed by atoms with Crippen molar-refractivity contribution in [1.82, 2.24) is 4.37 Å². The van der Waals surface area contributed by atoms with Gasteiger partial charge in [0.05, 0.1) is 16.1 Å². The molecule has 2 rings (SSSR count). The topological polar surface area (TPSA) is 50.2 Å². The molecule has 0 unspecified atom stereocenters.